The smallest absolute Gasteiger partial charge is 0.237 e. The lowest BCUT2D eigenvalue weighted by molar-refractivity contribution is -0.115. The predicted octanol–water partition coefficient (Wildman–Crippen LogP) is 3.61. The molecule has 0 aliphatic carbocycles. The quantitative estimate of drug-likeness (QED) is 0.701. The zero-order chi connectivity index (χ0) is 16.2. The number of carbonyl (C=O) groups excluding carboxylic acids is 1. The molecule has 0 unspecified atom stereocenters. The Morgan fingerprint density at radius 1 is 1.35 bits per heavy atom. The van der Waals surface area contributed by atoms with E-state index in [0.29, 0.717) is 17.3 Å². The van der Waals surface area contributed by atoms with E-state index in [2.05, 4.69) is 20.3 Å². The molecule has 3 aromatic rings. The van der Waals surface area contributed by atoms with E-state index in [0.717, 1.165) is 11.0 Å². The third-order valence-electron chi connectivity index (χ3n) is 3.29. The number of amides is 1. The summed E-state index contributed by atoms with van der Waals surface area (Å²) in [5.41, 5.74) is 2.23. The van der Waals surface area contributed by atoms with Crippen LogP contribution in [0.25, 0.3) is 11.0 Å². The first kappa shape index (κ1) is 15.5. The summed E-state index contributed by atoms with van der Waals surface area (Å²) >= 11 is 1.36. The number of aromatic amines is 1. The lowest BCUT2D eigenvalue weighted by Crippen LogP contribution is -2.24. The average Bonchev–Trinajstić information content (AvgIpc) is 2.97. The maximum absolute atomic E-state index is 12.9. The molecule has 0 aliphatic heterocycles. The molecule has 0 radical (unpaired) electrons. The Labute approximate surface area is 136 Å². The van der Waals surface area contributed by atoms with E-state index in [4.69, 9.17) is 0 Å². The van der Waals surface area contributed by atoms with Crippen molar-refractivity contribution in [1.29, 1.82) is 0 Å². The van der Waals surface area contributed by atoms with Gasteiger partial charge < -0.3 is 10.3 Å². The minimum absolute atomic E-state index is 0.136. The van der Waals surface area contributed by atoms with Crippen LogP contribution in [0.4, 0.5) is 10.1 Å². The summed E-state index contributed by atoms with van der Waals surface area (Å²) in [6.45, 7) is 1.94. The van der Waals surface area contributed by atoms with E-state index in [9.17, 15) is 9.18 Å². The zero-order valence-corrected chi connectivity index (χ0v) is 13.2. The summed E-state index contributed by atoms with van der Waals surface area (Å²) in [4.78, 5) is 24.0. The fourth-order valence-corrected chi connectivity index (χ4v) is 3.02. The molecule has 23 heavy (non-hydrogen) atoms. The van der Waals surface area contributed by atoms with Crippen molar-refractivity contribution in [2.24, 2.45) is 0 Å². The van der Waals surface area contributed by atoms with E-state index in [1.54, 1.807) is 12.4 Å². The van der Waals surface area contributed by atoms with Crippen LogP contribution < -0.4 is 5.32 Å². The van der Waals surface area contributed by atoms with Gasteiger partial charge in [-0.1, -0.05) is 18.7 Å². The SMILES string of the molecule is CC[C@H](Sc1nc2ccncc2[nH]1)C(=O)Nc1ccc(F)cc1. The van der Waals surface area contributed by atoms with Crippen LogP contribution in [0.3, 0.4) is 0 Å². The number of benzene rings is 1. The number of nitrogens with one attached hydrogen (secondary N) is 2. The van der Waals surface area contributed by atoms with E-state index in [1.807, 2.05) is 13.0 Å². The van der Waals surface area contributed by atoms with Gasteiger partial charge in [0.25, 0.3) is 0 Å². The predicted molar refractivity (Wildman–Crippen MR) is 88.9 cm³/mol. The molecule has 1 amide bonds. The third-order valence-corrected chi connectivity index (χ3v) is 4.54. The summed E-state index contributed by atoms with van der Waals surface area (Å²) in [6, 6.07) is 7.52. The number of halogens is 1. The van der Waals surface area contributed by atoms with E-state index in [1.165, 1.54) is 36.0 Å². The number of pyridine rings is 1. The van der Waals surface area contributed by atoms with E-state index >= 15 is 0 Å². The molecule has 0 bridgehead atoms. The van der Waals surface area contributed by atoms with Gasteiger partial charge in [0.2, 0.25) is 5.91 Å². The second-order valence-electron chi connectivity index (χ2n) is 4.95. The van der Waals surface area contributed by atoms with Crippen LogP contribution in [0.2, 0.25) is 0 Å². The van der Waals surface area contributed by atoms with Gasteiger partial charge in [0.15, 0.2) is 5.16 Å². The second kappa shape index (κ2) is 6.78. The molecule has 0 spiro atoms. The molecule has 2 heterocycles. The number of fused-ring (bicyclic) bond motifs is 1. The van der Waals surface area contributed by atoms with Gasteiger partial charge in [0.1, 0.15) is 5.82 Å². The second-order valence-corrected chi connectivity index (χ2v) is 6.14. The Hall–Kier alpha value is -2.41. The molecule has 7 heteroatoms. The van der Waals surface area contributed by atoms with Crippen molar-refractivity contribution in [3.05, 3.63) is 48.5 Å². The lowest BCUT2D eigenvalue weighted by Gasteiger charge is -2.13. The molecule has 0 saturated carbocycles. The van der Waals surface area contributed by atoms with Crippen LogP contribution in [0.5, 0.6) is 0 Å². The third kappa shape index (κ3) is 3.68. The van der Waals surface area contributed by atoms with Crippen molar-refractivity contribution in [3.63, 3.8) is 0 Å². The summed E-state index contributed by atoms with van der Waals surface area (Å²) in [5, 5.41) is 3.17. The van der Waals surface area contributed by atoms with E-state index < -0.39 is 0 Å². The Bertz CT molecular complexity index is 785. The highest BCUT2D eigenvalue weighted by Gasteiger charge is 2.20. The standard InChI is InChI=1S/C16H15FN4OS/c1-2-14(15(22)19-11-5-3-10(17)4-6-11)23-16-20-12-7-8-18-9-13(12)21-16/h3-9,14H,2H2,1H3,(H,19,22)(H,20,21)/t14-/m0/s1. The highest BCUT2D eigenvalue weighted by atomic mass is 32.2. The van der Waals surface area contributed by atoms with Gasteiger partial charge in [0, 0.05) is 11.9 Å². The van der Waals surface area contributed by atoms with Gasteiger partial charge >= 0.3 is 0 Å². The summed E-state index contributed by atoms with van der Waals surface area (Å²) in [7, 11) is 0. The molecule has 1 atom stereocenters. The average molecular weight is 330 g/mol. The number of thioether (sulfide) groups is 1. The van der Waals surface area contributed by atoms with Gasteiger partial charge in [-0.15, -0.1) is 0 Å². The molecule has 3 rings (SSSR count). The summed E-state index contributed by atoms with van der Waals surface area (Å²) < 4.78 is 12.9. The van der Waals surface area contributed by atoms with Crippen LogP contribution >= 0.6 is 11.8 Å². The number of carbonyl (C=O) groups is 1. The van der Waals surface area contributed by atoms with Crippen molar-refractivity contribution < 1.29 is 9.18 Å². The molecular formula is C16H15FN4OS. The Kier molecular flexibility index (Phi) is 4.57. The van der Waals surface area contributed by atoms with E-state index in [-0.39, 0.29) is 17.0 Å². The molecule has 0 saturated heterocycles. The van der Waals surface area contributed by atoms with Gasteiger partial charge in [-0.25, -0.2) is 9.37 Å². The number of aromatic nitrogens is 3. The summed E-state index contributed by atoms with van der Waals surface area (Å²) in [6.07, 6.45) is 4.02. The van der Waals surface area contributed by atoms with Crippen molar-refractivity contribution in [3.8, 4) is 0 Å². The van der Waals surface area contributed by atoms with Crippen LogP contribution in [-0.4, -0.2) is 26.1 Å². The minimum atomic E-state index is -0.333. The number of imidazole rings is 1. The first-order chi connectivity index (χ1) is 11.2. The van der Waals surface area contributed by atoms with Gasteiger partial charge in [-0.3, -0.25) is 9.78 Å². The molecule has 0 fully saturated rings. The maximum Gasteiger partial charge on any atom is 0.237 e. The number of nitrogens with zero attached hydrogens (tertiary/aromatic N) is 2. The molecular weight excluding hydrogens is 315 g/mol. The lowest BCUT2D eigenvalue weighted by atomic mass is 10.2. The van der Waals surface area contributed by atoms with Crippen molar-refractivity contribution >= 4 is 34.4 Å². The highest BCUT2D eigenvalue weighted by molar-refractivity contribution is 8.00. The van der Waals surface area contributed by atoms with Crippen molar-refractivity contribution in [2.75, 3.05) is 5.32 Å². The van der Waals surface area contributed by atoms with Crippen LogP contribution in [0.1, 0.15) is 13.3 Å². The number of rotatable bonds is 5. The minimum Gasteiger partial charge on any atom is -0.332 e. The van der Waals surface area contributed by atoms with Gasteiger partial charge in [-0.2, -0.15) is 0 Å². The topological polar surface area (TPSA) is 70.7 Å². The van der Waals surface area contributed by atoms with Gasteiger partial charge in [-0.05, 0) is 36.8 Å². The number of hydrogen-bond acceptors (Lipinski definition) is 4. The fourth-order valence-electron chi connectivity index (χ4n) is 2.10. The van der Waals surface area contributed by atoms with Gasteiger partial charge in [0.05, 0.1) is 22.5 Å². The largest absolute Gasteiger partial charge is 0.332 e. The first-order valence-electron chi connectivity index (χ1n) is 7.18. The Balaban J connectivity index is 1.71. The Morgan fingerprint density at radius 2 is 2.13 bits per heavy atom. The fraction of sp³-hybridized carbons (Fsp3) is 0.188. The van der Waals surface area contributed by atoms with Crippen molar-refractivity contribution in [2.45, 2.75) is 23.8 Å². The van der Waals surface area contributed by atoms with Crippen LogP contribution in [0.15, 0.2) is 47.9 Å². The number of hydrogen-bond donors (Lipinski definition) is 2. The highest BCUT2D eigenvalue weighted by Crippen LogP contribution is 2.26. The molecule has 1 aromatic carbocycles. The number of anilines is 1. The molecule has 2 aromatic heterocycles. The molecule has 2 N–H and O–H groups in total. The normalized spacial score (nSPS) is 12.3. The summed E-state index contributed by atoms with van der Waals surface area (Å²) in [5.74, 6) is -0.469. The molecule has 118 valence electrons. The van der Waals surface area contributed by atoms with Crippen LogP contribution in [0, 0.1) is 5.82 Å². The zero-order valence-electron chi connectivity index (χ0n) is 12.4. The monoisotopic (exact) mass is 330 g/mol. The molecule has 5 nitrogen and oxygen atoms in total. The molecule has 0 aliphatic rings. The number of H-pyrrole nitrogens is 1. The van der Waals surface area contributed by atoms with Crippen LogP contribution in [-0.2, 0) is 4.79 Å². The first-order valence-corrected chi connectivity index (χ1v) is 8.06. The maximum atomic E-state index is 12.9. The Morgan fingerprint density at radius 3 is 2.83 bits per heavy atom. The van der Waals surface area contributed by atoms with Crippen molar-refractivity contribution in [1.82, 2.24) is 15.0 Å².